The van der Waals surface area contributed by atoms with Crippen molar-refractivity contribution >= 4 is 33.2 Å². The van der Waals surface area contributed by atoms with E-state index in [9.17, 15) is 13.2 Å². The van der Waals surface area contributed by atoms with Gasteiger partial charge in [0.2, 0.25) is 10.0 Å². The maximum atomic E-state index is 13.3. The van der Waals surface area contributed by atoms with E-state index in [1.807, 2.05) is 60.7 Å². The summed E-state index contributed by atoms with van der Waals surface area (Å²) < 4.78 is 25.5. The number of nitrogens with zero attached hydrogens (tertiary/aromatic N) is 1. The lowest BCUT2D eigenvalue weighted by molar-refractivity contribution is 0.0730. The monoisotopic (exact) mass is 428 g/mol. The first kappa shape index (κ1) is 20.9. The molecule has 0 bridgehead atoms. The lowest BCUT2D eigenvalue weighted by Crippen LogP contribution is -2.30. The molecule has 1 N–H and O–H groups in total. The van der Waals surface area contributed by atoms with Crippen molar-refractivity contribution in [2.24, 2.45) is 0 Å². The third-order valence-electron chi connectivity index (χ3n) is 4.23. The highest BCUT2D eigenvalue weighted by Gasteiger charge is 2.19. The van der Waals surface area contributed by atoms with Crippen LogP contribution in [0.1, 0.15) is 21.5 Å². The van der Waals surface area contributed by atoms with E-state index in [1.54, 1.807) is 11.0 Å². The number of carbonyl (C=O) groups excluding carboxylic acids is 1. The van der Waals surface area contributed by atoms with Gasteiger partial charge in [-0.15, -0.1) is 0 Å². The van der Waals surface area contributed by atoms with Crippen LogP contribution in [0.5, 0.6) is 0 Å². The van der Waals surface area contributed by atoms with Crippen LogP contribution in [0.2, 0.25) is 5.02 Å². The van der Waals surface area contributed by atoms with E-state index in [1.165, 1.54) is 12.1 Å². The molecule has 0 atom stereocenters. The van der Waals surface area contributed by atoms with Crippen molar-refractivity contribution in [2.45, 2.75) is 13.1 Å². The van der Waals surface area contributed by atoms with Gasteiger partial charge in [-0.2, -0.15) is 0 Å². The molecule has 0 spiro atoms. The van der Waals surface area contributed by atoms with Gasteiger partial charge in [0, 0.05) is 18.7 Å². The predicted octanol–water partition coefficient (Wildman–Crippen LogP) is 4.55. The van der Waals surface area contributed by atoms with E-state index >= 15 is 0 Å². The lowest BCUT2D eigenvalue weighted by Gasteiger charge is -2.24. The first-order chi connectivity index (χ1) is 13.8. The number of anilines is 1. The predicted molar refractivity (Wildman–Crippen MR) is 116 cm³/mol. The van der Waals surface area contributed by atoms with Gasteiger partial charge in [0.05, 0.1) is 17.0 Å². The molecular weight excluding hydrogens is 408 g/mol. The number of carbonyl (C=O) groups is 1. The van der Waals surface area contributed by atoms with Gasteiger partial charge in [-0.3, -0.25) is 9.52 Å². The second-order valence-corrected chi connectivity index (χ2v) is 8.86. The topological polar surface area (TPSA) is 66.5 Å². The molecule has 3 aromatic rings. The van der Waals surface area contributed by atoms with Crippen LogP contribution in [-0.4, -0.2) is 25.5 Å². The first-order valence-corrected chi connectivity index (χ1v) is 11.2. The Morgan fingerprint density at radius 3 is 1.90 bits per heavy atom. The number of hydrogen-bond acceptors (Lipinski definition) is 3. The Kier molecular flexibility index (Phi) is 6.56. The molecule has 0 aliphatic carbocycles. The average molecular weight is 429 g/mol. The number of amides is 1. The SMILES string of the molecule is CS(=O)(=O)Nc1cc(C(=O)N(Cc2ccccc2)Cc2ccccc2)ccc1Cl. The van der Waals surface area contributed by atoms with Gasteiger partial charge in [-0.25, -0.2) is 8.42 Å². The highest BCUT2D eigenvalue weighted by Crippen LogP contribution is 2.25. The molecule has 0 aliphatic heterocycles. The molecule has 29 heavy (non-hydrogen) atoms. The molecule has 5 nitrogen and oxygen atoms in total. The van der Waals surface area contributed by atoms with Crippen LogP contribution in [0.4, 0.5) is 5.69 Å². The van der Waals surface area contributed by atoms with Gasteiger partial charge >= 0.3 is 0 Å². The standard InChI is InChI=1S/C22H21ClN2O3S/c1-29(27,28)24-21-14-19(12-13-20(21)23)22(26)25(15-17-8-4-2-5-9-17)16-18-10-6-3-7-11-18/h2-14,24H,15-16H2,1H3. The molecule has 0 heterocycles. The van der Waals surface area contributed by atoms with Gasteiger partial charge < -0.3 is 4.90 Å². The number of rotatable bonds is 7. The van der Waals surface area contributed by atoms with Crippen molar-refractivity contribution in [1.29, 1.82) is 0 Å². The number of benzene rings is 3. The molecular formula is C22H21ClN2O3S. The Bertz CT molecular complexity index is 1050. The Balaban J connectivity index is 1.92. The Hall–Kier alpha value is -2.83. The first-order valence-electron chi connectivity index (χ1n) is 8.96. The van der Waals surface area contributed by atoms with Crippen molar-refractivity contribution in [2.75, 3.05) is 11.0 Å². The minimum Gasteiger partial charge on any atom is -0.330 e. The molecule has 0 radical (unpaired) electrons. The van der Waals surface area contributed by atoms with Crippen LogP contribution in [0.25, 0.3) is 0 Å². The Morgan fingerprint density at radius 1 is 0.897 bits per heavy atom. The summed E-state index contributed by atoms with van der Waals surface area (Å²) in [6, 6.07) is 24.0. The molecule has 7 heteroatoms. The minimum atomic E-state index is -3.52. The average Bonchev–Trinajstić information content (AvgIpc) is 2.69. The van der Waals surface area contributed by atoms with Crippen molar-refractivity contribution in [3.8, 4) is 0 Å². The second kappa shape index (κ2) is 9.11. The summed E-state index contributed by atoms with van der Waals surface area (Å²) in [5.41, 5.74) is 2.53. The van der Waals surface area contributed by atoms with E-state index in [4.69, 9.17) is 11.6 Å². The molecule has 0 aliphatic rings. The van der Waals surface area contributed by atoms with Gasteiger partial charge in [0.25, 0.3) is 5.91 Å². The van der Waals surface area contributed by atoms with E-state index in [-0.39, 0.29) is 16.6 Å². The van der Waals surface area contributed by atoms with Crippen molar-refractivity contribution < 1.29 is 13.2 Å². The maximum Gasteiger partial charge on any atom is 0.254 e. The van der Waals surface area contributed by atoms with Crippen molar-refractivity contribution in [3.05, 3.63) is 101 Å². The molecule has 0 unspecified atom stereocenters. The zero-order valence-electron chi connectivity index (χ0n) is 15.9. The third kappa shape index (κ3) is 6.07. The van der Waals surface area contributed by atoms with Crippen LogP contribution in [0.15, 0.2) is 78.9 Å². The fraction of sp³-hybridized carbons (Fsp3) is 0.136. The molecule has 3 rings (SSSR count). The van der Waals surface area contributed by atoms with Crippen LogP contribution in [-0.2, 0) is 23.1 Å². The smallest absolute Gasteiger partial charge is 0.254 e. The summed E-state index contributed by atoms with van der Waals surface area (Å²) in [6.45, 7) is 0.845. The fourth-order valence-electron chi connectivity index (χ4n) is 2.93. The van der Waals surface area contributed by atoms with Crippen LogP contribution in [0.3, 0.4) is 0 Å². The normalized spacial score (nSPS) is 11.1. The largest absolute Gasteiger partial charge is 0.330 e. The summed E-state index contributed by atoms with van der Waals surface area (Å²) in [6.07, 6.45) is 1.04. The fourth-order valence-corrected chi connectivity index (χ4v) is 3.72. The molecule has 0 saturated heterocycles. The van der Waals surface area contributed by atoms with E-state index < -0.39 is 10.0 Å². The molecule has 3 aromatic carbocycles. The van der Waals surface area contributed by atoms with Gasteiger partial charge in [0.1, 0.15) is 0 Å². The third-order valence-corrected chi connectivity index (χ3v) is 5.15. The Labute approximate surface area is 176 Å². The van der Waals surface area contributed by atoms with E-state index in [0.29, 0.717) is 18.7 Å². The maximum absolute atomic E-state index is 13.3. The highest BCUT2D eigenvalue weighted by atomic mass is 35.5. The zero-order chi connectivity index (χ0) is 20.9. The second-order valence-electron chi connectivity index (χ2n) is 6.70. The van der Waals surface area contributed by atoms with E-state index in [2.05, 4.69) is 4.72 Å². The molecule has 0 saturated carbocycles. The lowest BCUT2D eigenvalue weighted by atomic mass is 10.1. The number of hydrogen-bond donors (Lipinski definition) is 1. The van der Waals surface area contributed by atoms with Gasteiger partial charge in [-0.1, -0.05) is 72.3 Å². The molecule has 0 fully saturated rings. The van der Waals surface area contributed by atoms with Gasteiger partial charge in [-0.05, 0) is 29.3 Å². The van der Waals surface area contributed by atoms with E-state index in [0.717, 1.165) is 17.4 Å². The quantitative estimate of drug-likeness (QED) is 0.600. The highest BCUT2D eigenvalue weighted by molar-refractivity contribution is 7.92. The molecule has 0 aromatic heterocycles. The molecule has 150 valence electrons. The van der Waals surface area contributed by atoms with Gasteiger partial charge in [0.15, 0.2) is 0 Å². The van der Waals surface area contributed by atoms with Crippen LogP contribution < -0.4 is 4.72 Å². The number of halogens is 1. The Morgan fingerprint density at radius 2 is 1.41 bits per heavy atom. The van der Waals surface area contributed by atoms with Crippen molar-refractivity contribution in [1.82, 2.24) is 4.90 Å². The summed E-state index contributed by atoms with van der Waals surface area (Å²) in [4.78, 5) is 15.0. The number of nitrogens with one attached hydrogen (secondary N) is 1. The van der Waals surface area contributed by atoms with Crippen LogP contribution >= 0.6 is 11.6 Å². The summed E-state index contributed by atoms with van der Waals surface area (Å²) in [5.74, 6) is -0.217. The minimum absolute atomic E-state index is 0.180. The summed E-state index contributed by atoms with van der Waals surface area (Å²) in [7, 11) is -3.52. The molecule has 1 amide bonds. The van der Waals surface area contributed by atoms with Crippen molar-refractivity contribution in [3.63, 3.8) is 0 Å². The van der Waals surface area contributed by atoms with Crippen LogP contribution in [0, 0.1) is 0 Å². The summed E-state index contributed by atoms with van der Waals surface area (Å²) >= 11 is 6.09. The zero-order valence-corrected chi connectivity index (χ0v) is 17.5. The number of sulfonamides is 1. The summed E-state index contributed by atoms with van der Waals surface area (Å²) in [5, 5.41) is 0.227.